The Balaban J connectivity index is 2.83. The third-order valence-corrected chi connectivity index (χ3v) is 2.52. The fraction of sp³-hybridized carbons (Fsp3) is 0.500. The molecule has 0 saturated carbocycles. The molecule has 10 heavy (non-hydrogen) atoms. The van der Waals surface area contributed by atoms with Crippen molar-refractivity contribution in [2.75, 3.05) is 0 Å². The molecule has 1 fully saturated rings. The van der Waals surface area contributed by atoms with Crippen LogP contribution in [0.15, 0.2) is 10.6 Å². The zero-order valence-electron chi connectivity index (χ0n) is 5.97. The van der Waals surface area contributed by atoms with Crippen molar-refractivity contribution in [2.24, 2.45) is 5.73 Å². The van der Waals surface area contributed by atoms with E-state index >= 15 is 0 Å². The van der Waals surface area contributed by atoms with E-state index in [2.05, 4.69) is 5.32 Å². The molecule has 3 N–H and O–H groups in total. The van der Waals surface area contributed by atoms with Gasteiger partial charge in [-0.25, -0.2) is 0 Å². The van der Waals surface area contributed by atoms with Gasteiger partial charge in [-0.05, 0) is 25.6 Å². The molecule has 0 radical (unpaired) electrons. The molecule has 0 aromatic rings. The quantitative estimate of drug-likeness (QED) is 0.553. The minimum atomic E-state index is -0.00713. The first-order chi connectivity index (χ1) is 4.61. The van der Waals surface area contributed by atoms with Gasteiger partial charge in [0, 0.05) is 10.6 Å². The van der Waals surface area contributed by atoms with Gasteiger partial charge in [-0.1, -0.05) is 0 Å². The first-order valence-corrected chi connectivity index (χ1v) is 3.87. The third-order valence-electron chi connectivity index (χ3n) is 1.32. The highest BCUT2D eigenvalue weighted by molar-refractivity contribution is 8.17. The number of nitrogens with two attached hydrogens (primary N) is 1. The summed E-state index contributed by atoms with van der Waals surface area (Å²) in [5, 5.41) is 2.73. The van der Waals surface area contributed by atoms with Crippen molar-refractivity contribution in [3.8, 4) is 0 Å². The predicted octanol–water partition coefficient (Wildman–Crippen LogP) is 1.02. The predicted molar refractivity (Wildman–Crippen MR) is 42.5 cm³/mol. The Morgan fingerprint density at radius 2 is 2.40 bits per heavy atom. The molecule has 3 nitrogen and oxygen atoms in total. The molecule has 1 aliphatic rings. The standard InChI is InChI=1S/C6H10N2OS/c1-3(7)5-4(2)8-6(9)10-5/h4H,7H2,1-2H3,(H,8,9)/b5-3+. The van der Waals surface area contributed by atoms with Crippen molar-refractivity contribution in [1.29, 1.82) is 0 Å². The number of allylic oxidation sites excluding steroid dienone is 1. The van der Waals surface area contributed by atoms with E-state index in [0.29, 0.717) is 0 Å². The van der Waals surface area contributed by atoms with Crippen LogP contribution < -0.4 is 11.1 Å². The first-order valence-electron chi connectivity index (χ1n) is 3.06. The molecule has 0 aromatic carbocycles. The van der Waals surface area contributed by atoms with Gasteiger partial charge in [0.1, 0.15) is 0 Å². The molecule has 0 aliphatic carbocycles. The summed E-state index contributed by atoms with van der Waals surface area (Å²) in [6.07, 6.45) is 0. The zero-order chi connectivity index (χ0) is 7.72. The van der Waals surface area contributed by atoms with Crippen LogP contribution >= 0.6 is 11.8 Å². The largest absolute Gasteiger partial charge is 0.402 e. The molecule has 0 aromatic heterocycles. The molecule has 1 aliphatic heterocycles. The van der Waals surface area contributed by atoms with Crippen LogP contribution in [0.5, 0.6) is 0 Å². The Hall–Kier alpha value is -0.640. The van der Waals surface area contributed by atoms with Gasteiger partial charge in [0.05, 0.1) is 6.04 Å². The number of carbonyl (C=O) groups is 1. The van der Waals surface area contributed by atoms with E-state index in [1.54, 1.807) is 6.92 Å². The molecule has 4 heteroatoms. The van der Waals surface area contributed by atoms with Gasteiger partial charge >= 0.3 is 0 Å². The van der Waals surface area contributed by atoms with Gasteiger partial charge in [-0.15, -0.1) is 0 Å². The monoisotopic (exact) mass is 158 g/mol. The van der Waals surface area contributed by atoms with Crippen LogP contribution in [0.2, 0.25) is 0 Å². The lowest BCUT2D eigenvalue weighted by Crippen LogP contribution is -2.22. The summed E-state index contributed by atoms with van der Waals surface area (Å²) in [6, 6.07) is 0.0995. The molecule has 0 bridgehead atoms. The second-order valence-electron chi connectivity index (χ2n) is 2.30. The van der Waals surface area contributed by atoms with E-state index in [1.807, 2.05) is 6.92 Å². The average molecular weight is 158 g/mol. The molecule has 56 valence electrons. The second kappa shape index (κ2) is 2.54. The number of carbonyl (C=O) groups excluding carboxylic acids is 1. The molecule has 0 spiro atoms. The van der Waals surface area contributed by atoms with Crippen LogP contribution in [-0.2, 0) is 0 Å². The fourth-order valence-corrected chi connectivity index (χ4v) is 1.71. The summed E-state index contributed by atoms with van der Waals surface area (Å²) in [5.41, 5.74) is 6.25. The van der Waals surface area contributed by atoms with Crippen LogP contribution in [0.25, 0.3) is 0 Å². The lowest BCUT2D eigenvalue weighted by molar-refractivity contribution is 0.261. The normalized spacial score (nSPS) is 30.2. The van der Waals surface area contributed by atoms with E-state index in [4.69, 9.17) is 5.73 Å². The Bertz CT molecular complexity index is 196. The summed E-state index contributed by atoms with van der Waals surface area (Å²) in [7, 11) is 0. The highest BCUT2D eigenvalue weighted by Crippen LogP contribution is 2.28. The molecule has 1 amide bonds. The van der Waals surface area contributed by atoms with Crippen LogP contribution in [0.1, 0.15) is 13.8 Å². The van der Waals surface area contributed by atoms with Crippen molar-refractivity contribution >= 4 is 17.0 Å². The SMILES string of the molecule is C/C(N)=C1\SC(=O)NC1C. The topological polar surface area (TPSA) is 55.1 Å². The first kappa shape index (κ1) is 7.47. The number of thioether (sulfide) groups is 1. The maximum Gasteiger partial charge on any atom is 0.284 e. The molecule has 1 saturated heterocycles. The van der Waals surface area contributed by atoms with Crippen LogP contribution in [-0.4, -0.2) is 11.3 Å². The summed E-state index contributed by atoms with van der Waals surface area (Å²) in [6.45, 7) is 3.72. The smallest absolute Gasteiger partial charge is 0.284 e. The minimum absolute atomic E-state index is 0.00713. The summed E-state index contributed by atoms with van der Waals surface area (Å²) in [5.74, 6) is 0. The van der Waals surface area contributed by atoms with E-state index in [9.17, 15) is 4.79 Å². The van der Waals surface area contributed by atoms with E-state index < -0.39 is 0 Å². The number of nitrogens with one attached hydrogen (secondary N) is 1. The van der Waals surface area contributed by atoms with Crippen molar-refractivity contribution in [3.05, 3.63) is 10.6 Å². The molecule has 1 rings (SSSR count). The summed E-state index contributed by atoms with van der Waals surface area (Å²) in [4.78, 5) is 11.7. The van der Waals surface area contributed by atoms with Crippen LogP contribution in [0, 0.1) is 0 Å². The van der Waals surface area contributed by atoms with Crippen LogP contribution in [0.3, 0.4) is 0 Å². The molecule has 1 heterocycles. The second-order valence-corrected chi connectivity index (χ2v) is 3.32. The molecular weight excluding hydrogens is 148 g/mol. The molecule has 1 atom stereocenters. The summed E-state index contributed by atoms with van der Waals surface area (Å²) >= 11 is 1.19. The average Bonchev–Trinajstić information content (AvgIpc) is 2.10. The van der Waals surface area contributed by atoms with Crippen LogP contribution in [0.4, 0.5) is 4.79 Å². The van der Waals surface area contributed by atoms with Gasteiger partial charge in [0.15, 0.2) is 0 Å². The highest BCUT2D eigenvalue weighted by Gasteiger charge is 2.24. The fourth-order valence-electron chi connectivity index (χ4n) is 0.882. The zero-order valence-corrected chi connectivity index (χ0v) is 6.79. The van der Waals surface area contributed by atoms with E-state index in [1.165, 1.54) is 11.8 Å². The van der Waals surface area contributed by atoms with Gasteiger partial charge in [-0.3, -0.25) is 4.79 Å². The Labute approximate surface area is 64.0 Å². The van der Waals surface area contributed by atoms with Gasteiger partial charge in [0.25, 0.3) is 5.24 Å². The maximum atomic E-state index is 10.7. The van der Waals surface area contributed by atoms with Gasteiger partial charge < -0.3 is 11.1 Å². The number of amides is 1. The van der Waals surface area contributed by atoms with Crippen molar-refractivity contribution in [2.45, 2.75) is 19.9 Å². The minimum Gasteiger partial charge on any atom is -0.402 e. The van der Waals surface area contributed by atoms with Crippen molar-refractivity contribution in [1.82, 2.24) is 5.32 Å². The van der Waals surface area contributed by atoms with E-state index in [0.717, 1.165) is 10.6 Å². The lowest BCUT2D eigenvalue weighted by atomic mass is 10.3. The third kappa shape index (κ3) is 1.26. The number of hydrogen-bond acceptors (Lipinski definition) is 3. The van der Waals surface area contributed by atoms with Gasteiger partial charge in [-0.2, -0.15) is 0 Å². The lowest BCUT2D eigenvalue weighted by Gasteiger charge is -2.03. The molecular formula is C6H10N2OS. The Kier molecular flexibility index (Phi) is 1.89. The van der Waals surface area contributed by atoms with Crippen molar-refractivity contribution < 1.29 is 4.79 Å². The van der Waals surface area contributed by atoms with Gasteiger partial charge in [0.2, 0.25) is 0 Å². The molecule has 1 unspecified atom stereocenters. The van der Waals surface area contributed by atoms with Crippen molar-refractivity contribution in [3.63, 3.8) is 0 Å². The number of rotatable bonds is 0. The highest BCUT2D eigenvalue weighted by atomic mass is 32.2. The summed E-state index contributed by atoms with van der Waals surface area (Å²) < 4.78 is 0. The Morgan fingerprint density at radius 1 is 1.80 bits per heavy atom. The maximum absolute atomic E-state index is 10.7. The number of hydrogen-bond donors (Lipinski definition) is 2. The van der Waals surface area contributed by atoms with E-state index in [-0.39, 0.29) is 11.3 Å². The Morgan fingerprint density at radius 3 is 2.60 bits per heavy atom.